The van der Waals surface area contributed by atoms with E-state index < -0.39 is 0 Å². The summed E-state index contributed by atoms with van der Waals surface area (Å²) >= 11 is 0. The summed E-state index contributed by atoms with van der Waals surface area (Å²) < 4.78 is 7.37. The van der Waals surface area contributed by atoms with Crippen molar-refractivity contribution in [3.05, 3.63) is 64.6 Å². The van der Waals surface area contributed by atoms with Crippen LogP contribution in [0.2, 0.25) is 0 Å². The second kappa shape index (κ2) is 6.12. The lowest BCUT2D eigenvalue weighted by Gasteiger charge is -2.14. The summed E-state index contributed by atoms with van der Waals surface area (Å²) in [6.07, 6.45) is 0. The number of rotatable bonds is 4. The van der Waals surface area contributed by atoms with E-state index in [1.54, 1.807) is 11.6 Å². The van der Waals surface area contributed by atoms with Gasteiger partial charge in [-0.1, -0.05) is 18.2 Å². The van der Waals surface area contributed by atoms with Crippen molar-refractivity contribution in [2.45, 2.75) is 6.61 Å². The highest BCUT2D eigenvalue weighted by atomic mass is 16.5. The number of hydrogen-bond donors (Lipinski definition) is 0. The molecular formula is C18H19N3O2. The van der Waals surface area contributed by atoms with E-state index in [4.69, 9.17) is 4.74 Å². The molecule has 1 heterocycles. The molecule has 0 aliphatic carbocycles. The summed E-state index contributed by atoms with van der Waals surface area (Å²) in [4.78, 5) is 18.8. The van der Waals surface area contributed by atoms with E-state index in [0.717, 1.165) is 16.7 Å². The Morgan fingerprint density at radius 1 is 1.13 bits per heavy atom. The minimum absolute atomic E-state index is 0.132. The summed E-state index contributed by atoms with van der Waals surface area (Å²) in [6.45, 7) is 0.147. The number of fused-ring (bicyclic) bond motifs is 1. The average molecular weight is 309 g/mol. The van der Waals surface area contributed by atoms with Crippen LogP contribution in [0.3, 0.4) is 0 Å². The first kappa shape index (κ1) is 15.1. The van der Waals surface area contributed by atoms with E-state index in [2.05, 4.69) is 4.98 Å². The van der Waals surface area contributed by atoms with E-state index in [9.17, 15) is 4.79 Å². The molecule has 1 aromatic heterocycles. The molecule has 0 atom stereocenters. The Hall–Kier alpha value is -2.82. The van der Waals surface area contributed by atoms with Crippen molar-refractivity contribution in [2.24, 2.45) is 7.05 Å². The van der Waals surface area contributed by atoms with Gasteiger partial charge < -0.3 is 14.2 Å². The second-order valence-electron chi connectivity index (χ2n) is 5.59. The van der Waals surface area contributed by atoms with Gasteiger partial charge in [0.2, 0.25) is 0 Å². The standard InChI is InChI=1S/C18H19N3O2/c1-20(2)13-7-6-8-14(11-13)23-12-16-18(22)21(3)17-10-5-4-9-15(17)19-16/h4-11H,12H2,1-3H3. The highest BCUT2D eigenvalue weighted by molar-refractivity contribution is 5.74. The van der Waals surface area contributed by atoms with Gasteiger partial charge in [0.05, 0.1) is 11.0 Å². The fraction of sp³-hybridized carbons (Fsp3) is 0.222. The summed E-state index contributed by atoms with van der Waals surface area (Å²) in [5, 5.41) is 0. The first-order valence-electron chi connectivity index (χ1n) is 7.41. The normalized spacial score (nSPS) is 10.7. The number of nitrogens with zero attached hydrogens (tertiary/aromatic N) is 3. The van der Waals surface area contributed by atoms with Crippen LogP contribution in [0.15, 0.2) is 53.3 Å². The molecule has 0 fully saturated rings. The molecule has 5 nitrogen and oxygen atoms in total. The molecule has 0 saturated heterocycles. The minimum atomic E-state index is -0.132. The van der Waals surface area contributed by atoms with Crippen molar-refractivity contribution in [3.8, 4) is 5.75 Å². The van der Waals surface area contributed by atoms with Crippen molar-refractivity contribution in [2.75, 3.05) is 19.0 Å². The highest BCUT2D eigenvalue weighted by Gasteiger charge is 2.09. The average Bonchev–Trinajstić information content (AvgIpc) is 2.57. The molecule has 0 saturated carbocycles. The van der Waals surface area contributed by atoms with Gasteiger partial charge in [-0.15, -0.1) is 0 Å². The van der Waals surface area contributed by atoms with Crippen LogP contribution >= 0.6 is 0 Å². The highest BCUT2D eigenvalue weighted by Crippen LogP contribution is 2.20. The monoisotopic (exact) mass is 309 g/mol. The van der Waals surface area contributed by atoms with Crippen LogP contribution in [-0.2, 0) is 13.7 Å². The Labute approximate surface area is 134 Å². The van der Waals surface area contributed by atoms with Crippen molar-refractivity contribution in [1.82, 2.24) is 9.55 Å². The molecule has 0 amide bonds. The third-order valence-corrected chi connectivity index (χ3v) is 3.76. The van der Waals surface area contributed by atoms with Gasteiger partial charge in [-0.05, 0) is 24.3 Å². The number of aromatic nitrogens is 2. The van der Waals surface area contributed by atoms with Crippen LogP contribution in [0.4, 0.5) is 5.69 Å². The summed E-state index contributed by atoms with van der Waals surface area (Å²) in [7, 11) is 5.70. The molecule has 23 heavy (non-hydrogen) atoms. The maximum absolute atomic E-state index is 12.4. The molecule has 0 unspecified atom stereocenters. The number of anilines is 1. The Bertz CT molecular complexity index is 900. The van der Waals surface area contributed by atoms with E-state index in [1.807, 2.05) is 67.5 Å². The zero-order chi connectivity index (χ0) is 16.4. The molecule has 3 aromatic rings. The number of para-hydroxylation sites is 2. The van der Waals surface area contributed by atoms with Crippen LogP contribution in [0.1, 0.15) is 5.69 Å². The van der Waals surface area contributed by atoms with E-state index in [1.165, 1.54) is 0 Å². The molecular weight excluding hydrogens is 290 g/mol. The fourth-order valence-corrected chi connectivity index (χ4v) is 2.44. The predicted octanol–water partition coefficient (Wildman–Crippen LogP) is 2.58. The van der Waals surface area contributed by atoms with Gasteiger partial charge in [-0.25, -0.2) is 4.98 Å². The number of aryl methyl sites for hydroxylation is 1. The lowest BCUT2D eigenvalue weighted by atomic mass is 10.2. The zero-order valence-electron chi connectivity index (χ0n) is 13.5. The Morgan fingerprint density at radius 2 is 1.91 bits per heavy atom. The number of hydrogen-bond acceptors (Lipinski definition) is 4. The van der Waals surface area contributed by atoms with Crippen molar-refractivity contribution in [3.63, 3.8) is 0 Å². The van der Waals surface area contributed by atoms with Crippen LogP contribution in [0.5, 0.6) is 5.75 Å². The van der Waals surface area contributed by atoms with Crippen LogP contribution in [-0.4, -0.2) is 23.6 Å². The van der Waals surface area contributed by atoms with Crippen molar-refractivity contribution < 1.29 is 4.74 Å². The Kier molecular flexibility index (Phi) is 4.02. The smallest absolute Gasteiger partial charge is 0.276 e. The van der Waals surface area contributed by atoms with Crippen LogP contribution in [0.25, 0.3) is 11.0 Å². The number of benzene rings is 2. The van der Waals surface area contributed by atoms with Gasteiger partial charge in [0.25, 0.3) is 5.56 Å². The van der Waals surface area contributed by atoms with Crippen molar-refractivity contribution >= 4 is 16.7 Å². The second-order valence-corrected chi connectivity index (χ2v) is 5.59. The van der Waals surface area contributed by atoms with Gasteiger partial charge in [-0.2, -0.15) is 0 Å². The largest absolute Gasteiger partial charge is 0.487 e. The molecule has 0 bridgehead atoms. The van der Waals surface area contributed by atoms with E-state index in [-0.39, 0.29) is 12.2 Å². The van der Waals surface area contributed by atoms with Gasteiger partial charge in [0, 0.05) is 32.9 Å². The lowest BCUT2D eigenvalue weighted by Crippen LogP contribution is -2.24. The van der Waals surface area contributed by atoms with Crippen molar-refractivity contribution in [1.29, 1.82) is 0 Å². The topological polar surface area (TPSA) is 47.4 Å². The van der Waals surface area contributed by atoms with Gasteiger partial charge >= 0.3 is 0 Å². The quantitative estimate of drug-likeness (QED) is 0.743. The predicted molar refractivity (Wildman–Crippen MR) is 92.1 cm³/mol. The van der Waals surface area contributed by atoms with Gasteiger partial charge in [0.1, 0.15) is 18.1 Å². The molecule has 0 N–H and O–H groups in total. The summed E-state index contributed by atoms with van der Waals surface area (Å²) in [5.74, 6) is 0.716. The van der Waals surface area contributed by atoms with E-state index in [0.29, 0.717) is 11.4 Å². The first-order chi connectivity index (χ1) is 11.1. The first-order valence-corrected chi connectivity index (χ1v) is 7.41. The van der Waals surface area contributed by atoms with Crippen LogP contribution < -0.4 is 15.2 Å². The summed E-state index contributed by atoms with van der Waals surface area (Å²) in [5.41, 5.74) is 2.92. The Balaban J connectivity index is 1.89. The number of ether oxygens (including phenoxy) is 1. The molecule has 5 heteroatoms. The molecule has 0 aliphatic heterocycles. The summed E-state index contributed by atoms with van der Waals surface area (Å²) in [6, 6.07) is 15.3. The minimum Gasteiger partial charge on any atom is -0.487 e. The lowest BCUT2D eigenvalue weighted by molar-refractivity contribution is 0.299. The Morgan fingerprint density at radius 3 is 2.70 bits per heavy atom. The SMILES string of the molecule is CN(C)c1cccc(OCc2nc3ccccc3n(C)c2=O)c1. The van der Waals surface area contributed by atoms with Gasteiger partial charge in [0.15, 0.2) is 0 Å². The van der Waals surface area contributed by atoms with Crippen LogP contribution in [0, 0.1) is 0 Å². The zero-order valence-corrected chi connectivity index (χ0v) is 13.5. The molecule has 0 aliphatic rings. The molecule has 0 spiro atoms. The fourth-order valence-electron chi connectivity index (χ4n) is 2.44. The maximum Gasteiger partial charge on any atom is 0.276 e. The third kappa shape index (κ3) is 3.04. The maximum atomic E-state index is 12.4. The molecule has 2 aromatic carbocycles. The molecule has 118 valence electrons. The molecule has 3 rings (SSSR count). The molecule has 0 radical (unpaired) electrons. The third-order valence-electron chi connectivity index (χ3n) is 3.76. The van der Waals surface area contributed by atoms with Gasteiger partial charge in [-0.3, -0.25) is 4.79 Å². The van der Waals surface area contributed by atoms with E-state index >= 15 is 0 Å².